The van der Waals surface area contributed by atoms with Gasteiger partial charge in [-0.05, 0) is 29.5 Å². The molecule has 4 rings (SSSR count). The summed E-state index contributed by atoms with van der Waals surface area (Å²) < 4.78 is 0.852. The fourth-order valence-corrected chi connectivity index (χ4v) is 4.33. The molecule has 1 aliphatic heterocycles. The number of tetrazole rings is 1. The van der Waals surface area contributed by atoms with Crippen molar-refractivity contribution in [1.29, 1.82) is 0 Å². The number of halogens is 2. The highest BCUT2D eigenvalue weighted by molar-refractivity contribution is 7.16. The highest BCUT2D eigenvalue weighted by atomic mass is 35.5. The molecule has 3 heterocycles. The molecular weight excluding hydrogens is 391 g/mol. The van der Waals surface area contributed by atoms with Crippen molar-refractivity contribution in [2.45, 2.75) is 13.2 Å². The van der Waals surface area contributed by atoms with Gasteiger partial charge >= 0.3 is 0 Å². The molecule has 1 aromatic carbocycles. The van der Waals surface area contributed by atoms with Gasteiger partial charge in [0.15, 0.2) is 0 Å². The molecule has 3 aromatic rings. The van der Waals surface area contributed by atoms with Gasteiger partial charge in [0.05, 0.1) is 9.36 Å². The van der Waals surface area contributed by atoms with E-state index in [9.17, 15) is 0 Å². The largest absolute Gasteiger partial charge is 0.296 e. The van der Waals surface area contributed by atoms with Gasteiger partial charge in [-0.1, -0.05) is 35.3 Å². The lowest BCUT2D eigenvalue weighted by Crippen LogP contribution is -2.46. The van der Waals surface area contributed by atoms with Crippen molar-refractivity contribution in [1.82, 2.24) is 30.0 Å². The average molecular weight is 409 g/mol. The number of piperazine rings is 1. The minimum atomic E-state index is 0.559. The van der Waals surface area contributed by atoms with Gasteiger partial charge in [-0.2, -0.15) is 0 Å². The number of thiophene rings is 1. The molecule has 0 aliphatic carbocycles. The second-order valence-electron chi connectivity index (χ2n) is 6.21. The Kier molecular flexibility index (Phi) is 5.52. The van der Waals surface area contributed by atoms with E-state index in [2.05, 4.69) is 31.3 Å². The summed E-state index contributed by atoms with van der Waals surface area (Å²) in [5, 5.41) is 13.4. The molecule has 6 nitrogen and oxygen atoms in total. The van der Waals surface area contributed by atoms with Crippen LogP contribution in [0.15, 0.2) is 36.4 Å². The van der Waals surface area contributed by atoms with Crippen molar-refractivity contribution >= 4 is 34.5 Å². The summed E-state index contributed by atoms with van der Waals surface area (Å²) in [5.41, 5.74) is 0.805. The summed E-state index contributed by atoms with van der Waals surface area (Å²) in [6, 6.07) is 11.6. The number of nitrogens with zero attached hydrogens (tertiary/aromatic N) is 6. The van der Waals surface area contributed by atoms with Gasteiger partial charge in [-0.3, -0.25) is 9.80 Å². The maximum Gasteiger partial charge on any atom is 0.206 e. The molecule has 9 heteroatoms. The SMILES string of the molecule is Clc1ccc(CN2CCN(Cn3nnc(-c4ccccc4Cl)n3)CC2)s1. The topological polar surface area (TPSA) is 50.1 Å². The van der Waals surface area contributed by atoms with Crippen LogP contribution in [0.1, 0.15) is 4.88 Å². The molecule has 0 radical (unpaired) electrons. The number of benzene rings is 1. The van der Waals surface area contributed by atoms with Crippen LogP contribution >= 0.6 is 34.5 Å². The lowest BCUT2D eigenvalue weighted by atomic mass is 10.2. The van der Waals surface area contributed by atoms with Crippen LogP contribution in [-0.2, 0) is 13.2 Å². The predicted molar refractivity (Wildman–Crippen MR) is 104 cm³/mol. The summed E-state index contributed by atoms with van der Waals surface area (Å²) in [4.78, 5) is 7.72. The molecule has 1 saturated heterocycles. The quantitative estimate of drug-likeness (QED) is 0.646. The molecule has 1 aliphatic rings. The van der Waals surface area contributed by atoms with Crippen LogP contribution in [0.5, 0.6) is 0 Å². The van der Waals surface area contributed by atoms with E-state index in [1.165, 1.54) is 4.88 Å². The van der Waals surface area contributed by atoms with E-state index in [4.69, 9.17) is 23.2 Å². The zero-order valence-corrected chi connectivity index (χ0v) is 16.4. The van der Waals surface area contributed by atoms with Crippen molar-refractivity contribution in [2.75, 3.05) is 26.2 Å². The van der Waals surface area contributed by atoms with E-state index >= 15 is 0 Å². The lowest BCUT2D eigenvalue weighted by Gasteiger charge is -2.33. The van der Waals surface area contributed by atoms with Crippen LogP contribution in [0.2, 0.25) is 9.36 Å². The molecule has 0 N–H and O–H groups in total. The monoisotopic (exact) mass is 408 g/mol. The van der Waals surface area contributed by atoms with E-state index in [1.54, 1.807) is 16.1 Å². The normalized spacial score (nSPS) is 16.2. The Morgan fingerprint density at radius 3 is 2.46 bits per heavy atom. The van der Waals surface area contributed by atoms with Crippen LogP contribution in [0, 0.1) is 0 Å². The maximum absolute atomic E-state index is 6.20. The van der Waals surface area contributed by atoms with Crippen LogP contribution in [-0.4, -0.2) is 56.2 Å². The van der Waals surface area contributed by atoms with E-state index in [0.717, 1.165) is 42.6 Å². The van der Waals surface area contributed by atoms with Gasteiger partial charge in [0, 0.05) is 43.2 Å². The molecule has 2 aromatic heterocycles. The predicted octanol–water partition coefficient (Wildman–Crippen LogP) is 3.48. The molecular formula is C17H18Cl2N6S. The third-order valence-electron chi connectivity index (χ3n) is 4.37. The van der Waals surface area contributed by atoms with Crippen LogP contribution < -0.4 is 0 Å². The molecule has 1 fully saturated rings. The molecule has 26 heavy (non-hydrogen) atoms. The molecule has 136 valence electrons. The van der Waals surface area contributed by atoms with Crippen molar-refractivity contribution < 1.29 is 0 Å². The summed E-state index contributed by atoms with van der Waals surface area (Å²) in [6.07, 6.45) is 0. The zero-order valence-electron chi connectivity index (χ0n) is 14.1. The molecule has 0 spiro atoms. The van der Waals surface area contributed by atoms with Crippen LogP contribution in [0.25, 0.3) is 11.4 Å². The Hall–Kier alpha value is -1.51. The number of hydrogen-bond donors (Lipinski definition) is 0. The van der Waals surface area contributed by atoms with E-state index in [1.807, 2.05) is 30.3 Å². The third kappa shape index (κ3) is 4.24. The third-order valence-corrected chi connectivity index (χ3v) is 5.91. The highest BCUT2D eigenvalue weighted by Crippen LogP contribution is 2.24. The fourth-order valence-electron chi connectivity index (χ4n) is 2.98. The first-order valence-corrected chi connectivity index (χ1v) is 9.96. The summed E-state index contributed by atoms with van der Waals surface area (Å²) >= 11 is 13.9. The molecule has 0 atom stereocenters. The van der Waals surface area contributed by atoms with Gasteiger partial charge in [-0.25, -0.2) is 0 Å². The second kappa shape index (κ2) is 8.02. The smallest absolute Gasteiger partial charge is 0.206 e. The molecule has 0 unspecified atom stereocenters. The minimum Gasteiger partial charge on any atom is -0.296 e. The first-order valence-electron chi connectivity index (χ1n) is 8.39. The first kappa shape index (κ1) is 17.9. The highest BCUT2D eigenvalue weighted by Gasteiger charge is 2.19. The van der Waals surface area contributed by atoms with Crippen LogP contribution in [0.3, 0.4) is 0 Å². The van der Waals surface area contributed by atoms with Gasteiger partial charge < -0.3 is 0 Å². The molecule has 0 saturated carbocycles. The van der Waals surface area contributed by atoms with Gasteiger partial charge in [-0.15, -0.1) is 26.3 Å². The van der Waals surface area contributed by atoms with E-state index in [-0.39, 0.29) is 0 Å². The standard InChI is InChI=1S/C17H18Cl2N6S/c18-15-4-2-1-3-14(15)17-20-22-25(21-17)12-24-9-7-23(8-10-24)11-13-5-6-16(19)26-13/h1-6H,7-12H2. The Morgan fingerprint density at radius 2 is 1.73 bits per heavy atom. The minimum absolute atomic E-state index is 0.559. The van der Waals surface area contributed by atoms with Crippen LogP contribution in [0.4, 0.5) is 0 Å². The van der Waals surface area contributed by atoms with Crippen molar-refractivity contribution in [3.05, 3.63) is 50.6 Å². The lowest BCUT2D eigenvalue weighted by molar-refractivity contribution is 0.0936. The second-order valence-corrected chi connectivity index (χ2v) is 8.41. The van der Waals surface area contributed by atoms with Gasteiger partial charge in [0.1, 0.15) is 6.67 Å². The van der Waals surface area contributed by atoms with Crippen molar-refractivity contribution in [3.8, 4) is 11.4 Å². The average Bonchev–Trinajstić information content (AvgIpc) is 3.26. The Labute approximate surface area is 165 Å². The Bertz CT molecular complexity index is 872. The Morgan fingerprint density at radius 1 is 0.962 bits per heavy atom. The van der Waals surface area contributed by atoms with Crippen molar-refractivity contribution in [3.63, 3.8) is 0 Å². The Balaban J connectivity index is 1.31. The number of hydrogen-bond acceptors (Lipinski definition) is 6. The summed E-state index contributed by atoms with van der Waals surface area (Å²) in [6.45, 7) is 5.58. The number of aromatic nitrogens is 4. The van der Waals surface area contributed by atoms with E-state index in [0.29, 0.717) is 17.5 Å². The zero-order chi connectivity index (χ0) is 17.9. The van der Waals surface area contributed by atoms with E-state index < -0.39 is 0 Å². The fraction of sp³-hybridized carbons (Fsp3) is 0.353. The van der Waals surface area contributed by atoms with Crippen molar-refractivity contribution in [2.24, 2.45) is 0 Å². The first-order chi connectivity index (χ1) is 12.7. The molecule has 0 amide bonds. The molecule has 0 bridgehead atoms. The summed E-state index contributed by atoms with van der Waals surface area (Å²) in [7, 11) is 0. The van der Waals surface area contributed by atoms with Gasteiger partial charge in [0.25, 0.3) is 0 Å². The number of rotatable bonds is 5. The summed E-state index contributed by atoms with van der Waals surface area (Å²) in [5.74, 6) is 0.559. The maximum atomic E-state index is 6.20. The van der Waals surface area contributed by atoms with Gasteiger partial charge in [0.2, 0.25) is 5.82 Å².